The minimum absolute atomic E-state index is 0.150. The predicted octanol–water partition coefficient (Wildman–Crippen LogP) is 2.89. The SMILES string of the molecule is CC(C)NCCNc1ccc(F)c(Cl)c1. The quantitative estimate of drug-likeness (QED) is 0.761. The van der Waals surface area contributed by atoms with Gasteiger partial charge in [0.05, 0.1) is 5.02 Å². The van der Waals surface area contributed by atoms with E-state index in [1.54, 1.807) is 12.1 Å². The Hall–Kier alpha value is -0.800. The van der Waals surface area contributed by atoms with Gasteiger partial charge in [-0.3, -0.25) is 0 Å². The van der Waals surface area contributed by atoms with Crippen molar-refractivity contribution in [2.24, 2.45) is 0 Å². The Bertz CT molecular complexity index is 315. The Morgan fingerprint density at radius 3 is 2.67 bits per heavy atom. The van der Waals surface area contributed by atoms with Gasteiger partial charge in [-0.25, -0.2) is 4.39 Å². The molecule has 1 aromatic rings. The molecular formula is C11H16ClFN2. The van der Waals surface area contributed by atoms with Gasteiger partial charge >= 0.3 is 0 Å². The summed E-state index contributed by atoms with van der Waals surface area (Å²) in [4.78, 5) is 0. The van der Waals surface area contributed by atoms with E-state index >= 15 is 0 Å². The van der Waals surface area contributed by atoms with Crippen molar-refractivity contribution in [1.82, 2.24) is 5.32 Å². The van der Waals surface area contributed by atoms with Gasteiger partial charge in [0, 0.05) is 24.8 Å². The zero-order valence-electron chi connectivity index (χ0n) is 8.98. The lowest BCUT2D eigenvalue weighted by Gasteiger charge is -2.10. The molecule has 0 aromatic heterocycles. The van der Waals surface area contributed by atoms with Crippen LogP contribution in [0.25, 0.3) is 0 Å². The Kier molecular flexibility index (Phi) is 4.85. The highest BCUT2D eigenvalue weighted by Crippen LogP contribution is 2.18. The maximum Gasteiger partial charge on any atom is 0.141 e. The van der Waals surface area contributed by atoms with E-state index in [0.717, 1.165) is 18.8 Å². The summed E-state index contributed by atoms with van der Waals surface area (Å²) >= 11 is 5.65. The molecule has 1 aromatic carbocycles. The van der Waals surface area contributed by atoms with Gasteiger partial charge in [0.25, 0.3) is 0 Å². The van der Waals surface area contributed by atoms with Crippen molar-refractivity contribution in [2.45, 2.75) is 19.9 Å². The fourth-order valence-electron chi connectivity index (χ4n) is 1.17. The highest BCUT2D eigenvalue weighted by molar-refractivity contribution is 6.31. The fraction of sp³-hybridized carbons (Fsp3) is 0.455. The number of hydrogen-bond donors (Lipinski definition) is 2. The zero-order valence-corrected chi connectivity index (χ0v) is 9.74. The van der Waals surface area contributed by atoms with Crippen LogP contribution in [-0.4, -0.2) is 19.1 Å². The van der Waals surface area contributed by atoms with E-state index < -0.39 is 0 Å². The molecule has 0 aliphatic rings. The summed E-state index contributed by atoms with van der Waals surface area (Å²) < 4.78 is 12.8. The smallest absolute Gasteiger partial charge is 0.141 e. The second-order valence-electron chi connectivity index (χ2n) is 3.66. The molecule has 0 saturated heterocycles. The first-order valence-corrected chi connectivity index (χ1v) is 5.39. The molecule has 0 aliphatic heterocycles. The standard InChI is InChI=1S/C11H16ClFN2/c1-8(2)14-5-6-15-9-3-4-11(13)10(12)7-9/h3-4,7-8,14-15H,5-6H2,1-2H3. The van der Waals surface area contributed by atoms with Crippen LogP contribution in [0.2, 0.25) is 5.02 Å². The molecule has 84 valence electrons. The number of hydrogen-bond acceptors (Lipinski definition) is 2. The molecule has 0 atom stereocenters. The van der Waals surface area contributed by atoms with Crippen molar-refractivity contribution in [3.05, 3.63) is 29.0 Å². The molecule has 0 heterocycles. The summed E-state index contributed by atoms with van der Waals surface area (Å²) in [5.74, 6) is -0.387. The maximum absolute atomic E-state index is 12.8. The van der Waals surface area contributed by atoms with Gasteiger partial charge < -0.3 is 10.6 Å². The molecule has 4 heteroatoms. The third-order valence-corrected chi connectivity index (χ3v) is 2.22. The van der Waals surface area contributed by atoms with Crippen LogP contribution < -0.4 is 10.6 Å². The number of anilines is 1. The molecule has 0 amide bonds. The molecule has 0 spiro atoms. The van der Waals surface area contributed by atoms with E-state index in [1.807, 2.05) is 0 Å². The van der Waals surface area contributed by atoms with Crippen molar-refractivity contribution in [1.29, 1.82) is 0 Å². The van der Waals surface area contributed by atoms with Gasteiger partial charge in [-0.15, -0.1) is 0 Å². The maximum atomic E-state index is 12.8. The Balaban J connectivity index is 2.35. The number of rotatable bonds is 5. The highest BCUT2D eigenvalue weighted by Gasteiger charge is 1.99. The molecule has 0 saturated carbocycles. The second kappa shape index (κ2) is 5.93. The summed E-state index contributed by atoms with van der Waals surface area (Å²) in [5.41, 5.74) is 0.840. The van der Waals surface area contributed by atoms with Crippen molar-refractivity contribution in [3.8, 4) is 0 Å². The summed E-state index contributed by atoms with van der Waals surface area (Å²) in [5, 5.41) is 6.58. The average molecular weight is 231 g/mol. The van der Waals surface area contributed by atoms with Crippen molar-refractivity contribution >= 4 is 17.3 Å². The Labute approximate surface area is 94.8 Å². The molecule has 0 radical (unpaired) electrons. The van der Waals surface area contributed by atoms with Crippen LogP contribution in [0, 0.1) is 5.82 Å². The molecule has 0 bridgehead atoms. The third-order valence-electron chi connectivity index (χ3n) is 1.93. The molecule has 0 aliphatic carbocycles. The molecule has 0 fully saturated rings. The molecule has 2 N–H and O–H groups in total. The van der Waals surface area contributed by atoms with E-state index in [1.165, 1.54) is 6.07 Å². The first-order chi connectivity index (χ1) is 7.09. The van der Waals surface area contributed by atoms with Crippen molar-refractivity contribution in [3.63, 3.8) is 0 Å². The predicted molar refractivity (Wildman–Crippen MR) is 63.0 cm³/mol. The highest BCUT2D eigenvalue weighted by atomic mass is 35.5. The third kappa shape index (κ3) is 4.49. The lowest BCUT2D eigenvalue weighted by Crippen LogP contribution is -2.28. The van der Waals surface area contributed by atoms with Gasteiger partial charge in [-0.1, -0.05) is 25.4 Å². The minimum atomic E-state index is -0.387. The molecular weight excluding hydrogens is 215 g/mol. The van der Waals surface area contributed by atoms with Crippen LogP contribution in [0.15, 0.2) is 18.2 Å². The topological polar surface area (TPSA) is 24.1 Å². The van der Waals surface area contributed by atoms with Crippen LogP contribution >= 0.6 is 11.6 Å². The van der Waals surface area contributed by atoms with E-state index in [-0.39, 0.29) is 10.8 Å². The minimum Gasteiger partial charge on any atom is -0.384 e. The lowest BCUT2D eigenvalue weighted by atomic mass is 10.3. The summed E-state index contributed by atoms with van der Waals surface area (Å²) in [6.07, 6.45) is 0. The monoisotopic (exact) mass is 230 g/mol. The molecule has 0 unspecified atom stereocenters. The van der Waals surface area contributed by atoms with Gasteiger partial charge in [0.15, 0.2) is 0 Å². The summed E-state index contributed by atoms with van der Waals surface area (Å²) in [6.45, 7) is 5.84. The van der Waals surface area contributed by atoms with Gasteiger partial charge in [-0.05, 0) is 18.2 Å². The van der Waals surface area contributed by atoms with Gasteiger partial charge in [0.2, 0.25) is 0 Å². The molecule has 15 heavy (non-hydrogen) atoms. The molecule has 1 rings (SSSR count). The zero-order chi connectivity index (χ0) is 11.3. The first kappa shape index (κ1) is 12.3. The van der Waals surface area contributed by atoms with E-state index in [9.17, 15) is 4.39 Å². The Morgan fingerprint density at radius 1 is 1.33 bits per heavy atom. The van der Waals surface area contributed by atoms with Crippen LogP contribution in [0.3, 0.4) is 0 Å². The van der Waals surface area contributed by atoms with Gasteiger partial charge in [0.1, 0.15) is 5.82 Å². The van der Waals surface area contributed by atoms with Crippen LogP contribution in [0.5, 0.6) is 0 Å². The molecule has 2 nitrogen and oxygen atoms in total. The first-order valence-electron chi connectivity index (χ1n) is 5.02. The number of halogens is 2. The van der Waals surface area contributed by atoms with Crippen LogP contribution in [0.1, 0.15) is 13.8 Å². The van der Waals surface area contributed by atoms with E-state index in [4.69, 9.17) is 11.6 Å². The normalized spacial score (nSPS) is 10.7. The fourth-order valence-corrected chi connectivity index (χ4v) is 1.35. The second-order valence-corrected chi connectivity index (χ2v) is 4.07. The number of nitrogens with one attached hydrogen (secondary N) is 2. The van der Waals surface area contributed by atoms with Crippen molar-refractivity contribution in [2.75, 3.05) is 18.4 Å². The average Bonchev–Trinajstić information content (AvgIpc) is 2.18. The van der Waals surface area contributed by atoms with Crippen LogP contribution in [0.4, 0.5) is 10.1 Å². The summed E-state index contributed by atoms with van der Waals surface area (Å²) in [6, 6.07) is 5.10. The lowest BCUT2D eigenvalue weighted by molar-refractivity contribution is 0.602. The van der Waals surface area contributed by atoms with Crippen molar-refractivity contribution < 1.29 is 4.39 Å². The number of benzene rings is 1. The van der Waals surface area contributed by atoms with Crippen LogP contribution in [-0.2, 0) is 0 Å². The largest absolute Gasteiger partial charge is 0.384 e. The Morgan fingerprint density at radius 2 is 2.07 bits per heavy atom. The summed E-state index contributed by atoms with van der Waals surface area (Å²) in [7, 11) is 0. The van der Waals surface area contributed by atoms with E-state index in [2.05, 4.69) is 24.5 Å². The van der Waals surface area contributed by atoms with Gasteiger partial charge in [-0.2, -0.15) is 0 Å². The van der Waals surface area contributed by atoms with E-state index in [0.29, 0.717) is 6.04 Å².